The van der Waals surface area contributed by atoms with E-state index in [1.54, 1.807) is 6.07 Å². The van der Waals surface area contributed by atoms with Crippen LogP contribution in [-0.2, 0) is 6.54 Å². The zero-order valence-electron chi connectivity index (χ0n) is 9.19. The van der Waals surface area contributed by atoms with E-state index in [0.717, 1.165) is 29.2 Å². The Bertz CT molecular complexity index is 536. The second-order valence-electron chi connectivity index (χ2n) is 3.76. The van der Waals surface area contributed by atoms with Crippen molar-refractivity contribution >= 4 is 38.6 Å². The Morgan fingerprint density at radius 2 is 2.24 bits per heavy atom. The number of aromatic nitrogens is 1. The fourth-order valence-corrected chi connectivity index (χ4v) is 2.08. The summed E-state index contributed by atoms with van der Waals surface area (Å²) in [6.45, 7) is 0.959. The highest BCUT2D eigenvalue weighted by Gasteiger charge is 2.03. The van der Waals surface area contributed by atoms with Crippen molar-refractivity contribution in [1.82, 2.24) is 4.57 Å². The number of nitrogens with one attached hydrogen (secondary N) is 1. The van der Waals surface area contributed by atoms with Gasteiger partial charge >= 0.3 is 6.09 Å². The quantitative estimate of drug-likeness (QED) is 0.848. The van der Waals surface area contributed by atoms with Crippen LogP contribution in [0.15, 0.2) is 30.5 Å². The summed E-state index contributed by atoms with van der Waals surface area (Å²) in [7, 11) is 0. The molecule has 0 aliphatic carbocycles. The lowest BCUT2D eigenvalue weighted by Gasteiger charge is -2.05. The fraction of sp³-hybridized carbons (Fsp3) is 0.250. The van der Waals surface area contributed by atoms with E-state index >= 15 is 0 Å². The molecule has 2 N–H and O–H groups in total. The summed E-state index contributed by atoms with van der Waals surface area (Å²) in [5, 5.41) is 13.0. The first-order valence-corrected chi connectivity index (χ1v) is 6.47. The number of alkyl halides is 1. The number of hydrogen-bond donors (Lipinski definition) is 2. The molecule has 0 aliphatic heterocycles. The van der Waals surface area contributed by atoms with Crippen LogP contribution in [0.4, 0.5) is 10.5 Å². The van der Waals surface area contributed by atoms with Crippen molar-refractivity contribution in [2.75, 3.05) is 10.6 Å². The average molecular weight is 297 g/mol. The monoisotopic (exact) mass is 296 g/mol. The first-order valence-electron chi connectivity index (χ1n) is 5.35. The van der Waals surface area contributed by atoms with E-state index in [0.29, 0.717) is 5.69 Å². The van der Waals surface area contributed by atoms with Crippen molar-refractivity contribution < 1.29 is 9.90 Å². The summed E-state index contributed by atoms with van der Waals surface area (Å²) in [5.41, 5.74) is 1.73. The molecule has 4 nitrogen and oxygen atoms in total. The molecule has 0 atom stereocenters. The third-order valence-electron chi connectivity index (χ3n) is 2.55. The molecule has 2 aromatic rings. The molecule has 2 rings (SSSR count). The second kappa shape index (κ2) is 5.23. The molecule has 0 fully saturated rings. The van der Waals surface area contributed by atoms with Gasteiger partial charge in [-0.25, -0.2) is 4.79 Å². The Labute approximate surface area is 107 Å². The van der Waals surface area contributed by atoms with Crippen molar-refractivity contribution in [3.05, 3.63) is 30.5 Å². The SMILES string of the molecule is O=C(O)Nc1ccc2c(ccn2CCCBr)c1. The molecule has 0 aliphatic rings. The summed E-state index contributed by atoms with van der Waals surface area (Å²) >= 11 is 3.41. The highest BCUT2D eigenvalue weighted by atomic mass is 79.9. The number of nitrogens with zero attached hydrogens (tertiary/aromatic N) is 1. The number of amides is 1. The number of fused-ring (bicyclic) bond motifs is 1. The van der Waals surface area contributed by atoms with E-state index in [1.165, 1.54) is 0 Å². The molecule has 0 spiro atoms. The van der Waals surface area contributed by atoms with Gasteiger partial charge in [-0.2, -0.15) is 0 Å². The van der Waals surface area contributed by atoms with Gasteiger partial charge in [0.15, 0.2) is 0 Å². The summed E-state index contributed by atoms with van der Waals surface area (Å²) < 4.78 is 2.17. The summed E-state index contributed by atoms with van der Waals surface area (Å²) in [5.74, 6) is 0. The van der Waals surface area contributed by atoms with Crippen LogP contribution >= 0.6 is 15.9 Å². The van der Waals surface area contributed by atoms with Gasteiger partial charge in [-0.1, -0.05) is 15.9 Å². The van der Waals surface area contributed by atoms with Gasteiger partial charge in [0.1, 0.15) is 0 Å². The zero-order chi connectivity index (χ0) is 12.3. The maximum atomic E-state index is 10.5. The van der Waals surface area contributed by atoms with E-state index in [1.807, 2.05) is 24.4 Å². The predicted molar refractivity (Wildman–Crippen MR) is 72.0 cm³/mol. The maximum absolute atomic E-state index is 10.5. The number of hydrogen-bond acceptors (Lipinski definition) is 1. The Morgan fingerprint density at radius 1 is 1.41 bits per heavy atom. The van der Waals surface area contributed by atoms with Gasteiger partial charge < -0.3 is 9.67 Å². The van der Waals surface area contributed by atoms with Gasteiger partial charge in [-0.3, -0.25) is 5.32 Å². The highest BCUT2D eigenvalue weighted by molar-refractivity contribution is 9.09. The maximum Gasteiger partial charge on any atom is 0.409 e. The lowest BCUT2D eigenvalue weighted by molar-refractivity contribution is 0.210. The summed E-state index contributed by atoms with van der Waals surface area (Å²) in [6, 6.07) is 7.56. The number of rotatable bonds is 4. The summed E-state index contributed by atoms with van der Waals surface area (Å²) in [4.78, 5) is 10.5. The predicted octanol–water partition coefficient (Wildman–Crippen LogP) is 3.52. The molecule has 1 aromatic carbocycles. The topological polar surface area (TPSA) is 54.3 Å². The normalized spacial score (nSPS) is 10.6. The number of anilines is 1. The van der Waals surface area contributed by atoms with Crippen molar-refractivity contribution in [3.8, 4) is 0 Å². The largest absolute Gasteiger partial charge is 0.465 e. The van der Waals surface area contributed by atoms with Gasteiger partial charge in [0.05, 0.1) is 0 Å². The first-order chi connectivity index (χ1) is 8.20. The van der Waals surface area contributed by atoms with Crippen LogP contribution in [0.2, 0.25) is 0 Å². The standard InChI is InChI=1S/C12H13BrN2O2/c13-5-1-6-15-7-4-9-8-10(14-12(16)17)2-3-11(9)15/h2-4,7-8,14H,1,5-6H2,(H,16,17). The number of benzene rings is 1. The molecule has 0 unspecified atom stereocenters. The smallest absolute Gasteiger partial charge is 0.409 e. The third kappa shape index (κ3) is 2.79. The van der Waals surface area contributed by atoms with Crippen molar-refractivity contribution in [1.29, 1.82) is 0 Å². The lowest BCUT2D eigenvalue weighted by atomic mass is 10.2. The molecule has 5 heteroatoms. The molecule has 17 heavy (non-hydrogen) atoms. The molecule has 0 bridgehead atoms. The number of aryl methyl sites for hydroxylation is 1. The molecule has 1 heterocycles. The minimum Gasteiger partial charge on any atom is -0.465 e. The number of carbonyl (C=O) groups is 1. The summed E-state index contributed by atoms with van der Waals surface area (Å²) in [6.07, 6.45) is 2.06. The molecule has 0 saturated carbocycles. The molecular weight excluding hydrogens is 284 g/mol. The molecule has 1 aromatic heterocycles. The average Bonchev–Trinajstić information content (AvgIpc) is 2.68. The Kier molecular flexibility index (Phi) is 3.68. The van der Waals surface area contributed by atoms with E-state index in [9.17, 15) is 4.79 Å². The van der Waals surface area contributed by atoms with Gasteiger partial charge in [0.2, 0.25) is 0 Å². The molecule has 0 radical (unpaired) electrons. The Morgan fingerprint density at radius 3 is 2.94 bits per heavy atom. The van der Waals surface area contributed by atoms with Crippen molar-refractivity contribution in [2.45, 2.75) is 13.0 Å². The van der Waals surface area contributed by atoms with Gasteiger partial charge in [-0.15, -0.1) is 0 Å². The Hall–Kier alpha value is -1.49. The highest BCUT2D eigenvalue weighted by Crippen LogP contribution is 2.20. The van der Waals surface area contributed by atoms with Crippen LogP contribution in [0.25, 0.3) is 10.9 Å². The Balaban J connectivity index is 2.28. The third-order valence-corrected chi connectivity index (χ3v) is 3.12. The van der Waals surface area contributed by atoms with Crippen LogP contribution in [0.5, 0.6) is 0 Å². The minimum absolute atomic E-state index is 0.600. The molecular formula is C12H13BrN2O2. The molecule has 90 valence electrons. The number of carboxylic acid groups (broad SMARTS) is 1. The molecule has 1 amide bonds. The van der Waals surface area contributed by atoms with E-state index < -0.39 is 6.09 Å². The van der Waals surface area contributed by atoms with Gasteiger partial charge in [0.25, 0.3) is 0 Å². The van der Waals surface area contributed by atoms with E-state index in [2.05, 4.69) is 25.8 Å². The van der Waals surface area contributed by atoms with Crippen molar-refractivity contribution in [2.24, 2.45) is 0 Å². The van der Waals surface area contributed by atoms with Gasteiger partial charge in [0, 0.05) is 34.7 Å². The number of halogens is 1. The van der Waals surface area contributed by atoms with Crippen LogP contribution < -0.4 is 5.32 Å². The van der Waals surface area contributed by atoms with Gasteiger partial charge in [-0.05, 0) is 30.7 Å². The van der Waals surface area contributed by atoms with Crippen LogP contribution in [0, 0.1) is 0 Å². The van der Waals surface area contributed by atoms with Crippen LogP contribution in [-0.4, -0.2) is 21.1 Å². The fourth-order valence-electron chi connectivity index (χ4n) is 1.83. The van der Waals surface area contributed by atoms with E-state index in [-0.39, 0.29) is 0 Å². The zero-order valence-corrected chi connectivity index (χ0v) is 10.8. The van der Waals surface area contributed by atoms with Crippen LogP contribution in [0.1, 0.15) is 6.42 Å². The lowest BCUT2D eigenvalue weighted by Crippen LogP contribution is -2.06. The van der Waals surface area contributed by atoms with Crippen molar-refractivity contribution in [3.63, 3.8) is 0 Å². The molecule has 0 saturated heterocycles. The second-order valence-corrected chi connectivity index (χ2v) is 4.55. The minimum atomic E-state index is -1.04. The first kappa shape index (κ1) is 12.0. The van der Waals surface area contributed by atoms with E-state index in [4.69, 9.17) is 5.11 Å². The van der Waals surface area contributed by atoms with Crippen LogP contribution in [0.3, 0.4) is 0 Å².